The predicted octanol–water partition coefficient (Wildman–Crippen LogP) is 4.41. The van der Waals surface area contributed by atoms with Crippen molar-refractivity contribution >= 4 is 34.5 Å². The molecule has 0 aliphatic heterocycles. The molecule has 0 saturated carbocycles. The molecule has 4 nitrogen and oxygen atoms in total. The molecule has 0 unspecified atom stereocenters. The molecular weight excluding hydrogens is 312 g/mol. The first-order chi connectivity index (χ1) is 11.0. The second kappa shape index (κ2) is 5.71. The van der Waals surface area contributed by atoms with E-state index in [2.05, 4.69) is 4.99 Å². The number of rotatable bonds is 2. The largest absolute Gasteiger partial charge is 0.506 e. The molecule has 5 heteroatoms. The summed E-state index contributed by atoms with van der Waals surface area (Å²) in [5.74, 6) is -0.622. The van der Waals surface area contributed by atoms with Gasteiger partial charge in [-0.3, -0.25) is 4.79 Å². The third-order valence-electron chi connectivity index (χ3n) is 3.70. The summed E-state index contributed by atoms with van der Waals surface area (Å²) in [5.41, 5.74) is 1.76. The monoisotopic (exact) mass is 322 g/mol. The number of halogens is 1. The topological polar surface area (TPSA) is 73.4 Å². The molecule has 3 rings (SSSR count). The molecule has 0 heterocycles. The highest BCUT2D eigenvalue weighted by molar-refractivity contribution is 6.39. The Kier molecular flexibility index (Phi) is 3.73. The molecule has 1 aliphatic rings. The highest BCUT2D eigenvalue weighted by Crippen LogP contribution is 2.33. The number of Topliss-reactive ketones (excluding diaryl/α,β-unsaturated/α-hetero) is 1. The van der Waals surface area contributed by atoms with E-state index in [-0.39, 0.29) is 17.0 Å². The van der Waals surface area contributed by atoms with E-state index in [1.807, 2.05) is 6.07 Å². The van der Waals surface area contributed by atoms with Crippen LogP contribution in [0.15, 0.2) is 53.0 Å². The van der Waals surface area contributed by atoms with Gasteiger partial charge in [-0.25, -0.2) is 4.99 Å². The van der Waals surface area contributed by atoms with E-state index < -0.39 is 5.78 Å². The fraction of sp³-hybridized carbons (Fsp3) is 0.0556. The zero-order chi connectivity index (χ0) is 16.6. The number of nitrogens with zero attached hydrogens (tertiary/aromatic N) is 2. The zero-order valence-electron chi connectivity index (χ0n) is 12.2. The zero-order valence-corrected chi connectivity index (χ0v) is 12.9. The molecule has 0 atom stereocenters. The van der Waals surface area contributed by atoms with E-state index in [0.29, 0.717) is 27.4 Å². The Hall–Kier alpha value is -2.90. The first kappa shape index (κ1) is 15.0. The normalized spacial score (nSPS) is 14.0. The van der Waals surface area contributed by atoms with Gasteiger partial charge in [0.1, 0.15) is 17.4 Å². The van der Waals surface area contributed by atoms with Crippen LogP contribution >= 0.6 is 11.6 Å². The van der Waals surface area contributed by atoms with Crippen LogP contribution in [0.1, 0.15) is 21.5 Å². The highest BCUT2D eigenvalue weighted by Gasteiger charge is 2.32. The average molecular weight is 323 g/mol. The number of allylic oxidation sites excluding steroid dienone is 1. The van der Waals surface area contributed by atoms with Gasteiger partial charge < -0.3 is 5.11 Å². The number of carbonyl (C=O) groups excluding carboxylic acids is 1. The van der Waals surface area contributed by atoms with E-state index in [0.717, 1.165) is 0 Å². The van der Waals surface area contributed by atoms with Crippen molar-refractivity contribution < 1.29 is 9.90 Å². The number of aliphatic hydroxyl groups is 1. The van der Waals surface area contributed by atoms with E-state index in [1.165, 1.54) is 0 Å². The molecule has 1 aliphatic carbocycles. The summed E-state index contributed by atoms with van der Waals surface area (Å²) in [5, 5.41) is 20.2. The lowest BCUT2D eigenvalue weighted by molar-refractivity contribution is 0.104. The Balaban J connectivity index is 2.15. The Morgan fingerprint density at radius 1 is 1.17 bits per heavy atom. The summed E-state index contributed by atoms with van der Waals surface area (Å²) in [6, 6.07) is 13.7. The Bertz CT molecular complexity index is 936. The quantitative estimate of drug-likeness (QED) is 0.832. The van der Waals surface area contributed by atoms with Crippen LogP contribution in [0.3, 0.4) is 0 Å². The molecule has 112 valence electrons. The van der Waals surface area contributed by atoms with Gasteiger partial charge in [0.05, 0.1) is 5.69 Å². The maximum Gasteiger partial charge on any atom is 0.200 e. The lowest BCUT2D eigenvalue weighted by atomic mass is 10.1. The summed E-state index contributed by atoms with van der Waals surface area (Å²) in [6.45, 7) is 1.77. The van der Waals surface area contributed by atoms with Crippen molar-refractivity contribution in [1.82, 2.24) is 0 Å². The van der Waals surface area contributed by atoms with Crippen molar-refractivity contribution in [3.63, 3.8) is 0 Å². The van der Waals surface area contributed by atoms with Gasteiger partial charge in [-0.2, -0.15) is 5.26 Å². The van der Waals surface area contributed by atoms with E-state index in [4.69, 9.17) is 11.6 Å². The van der Waals surface area contributed by atoms with Crippen molar-refractivity contribution in [1.29, 1.82) is 5.26 Å². The second-order valence-electron chi connectivity index (χ2n) is 5.05. The molecule has 0 amide bonds. The van der Waals surface area contributed by atoms with E-state index in [1.54, 1.807) is 49.4 Å². The van der Waals surface area contributed by atoms with Gasteiger partial charge in [0.25, 0.3) is 0 Å². The van der Waals surface area contributed by atoms with Gasteiger partial charge in [0, 0.05) is 16.1 Å². The van der Waals surface area contributed by atoms with Crippen molar-refractivity contribution in [2.24, 2.45) is 4.99 Å². The average Bonchev–Trinajstić information content (AvgIpc) is 2.81. The Labute approximate surface area is 138 Å². The van der Waals surface area contributed by atoms with Crippen LogP contribution in [-0.2, 0) is 0 Å². The molecular formula is C18H11ClN2O2. The van der Waals surface area contributed by atoms with Crippen LogP contribution in [0.5, 0.6) is 0 Å². The maximum atomic E-state index is 12.5. The summed E-state index contributed by atoms with van der Waals surface area (Å²) in [6.07, 6.45) is 0. The van der Waals surface area contributed by atoms with Crippen LogP contribution in [0.2, 0.25) is 5.02 Å². The number of aliphatic hydroxyl groups excluding tert-OH is 1. The van der Waals surface area contributed by atoms with E-state index in [9.17, 15) is 15.2 Å². The van der Waals surface area contributed by atoms with Crippen molar-refractivity contribution in [3.05, 3.63) is 69.8 Å². The van der Waals surface area contributed by atoms with Crippen LogP contribution in [-0.4, -0.2) is 16.6 Å². The summed E-state index contributed by atoms with van der Waals surface area (Å²) in [4.78, 5) is 16.7. The number of fused-ring (bicyclic) bond motifs is 1. The lowest BCUT2D eigenvalue weighted by Crippen LogP contribution is -2.09. The molecule has 0 fully saturated rings. The van der Waals surface area contributed by atoms with Crippen LogP contribution in [0, 0.1) is 18.3 Å². The van der Waals surface area contributed by atoms with Crippen molar-refractivity contribution in [2.75, 3.05) is 0 Å². The molecule has 0 aromatic heterocycles. The minimum Gasteiger partial charge on any atom is -0.506 e. The summed E-state index contributed by atoms with van der Waals surface area (Å²) < 4.78 is 0. The number of ketones is 1. The van der Waals surface area contributed by atoms with Crippen LogP contribution < -0.4 is 0 Å². The molecule has 0 spiro atoms. The van der Waals surface area contributed by atoms with Crippen molar-refractivity contribution in [2.45, 2.75) is 6.92 Å². The minimum atomic E-state index is -0.405. The minimum absolute atomic E-state index is 0.0759. The number of carbonyl (C=O) groups is 1. The van der Waals surface area contributed by atoms with Gasteiger partial charge in [0.15, 0.2) is 11.5 Å². The smallest absolute Gasteiger partial charge is 0.200 e. The second-order valence-corrected chi connectivity index (χ2v) is 5.46. The van der Waals surface area contributed by atoms with Gasteiger partial charge in [-0.1, -0.05) is 41.9 Å². The molecule has 2 aromatic rings. The van der Waals surface area contributed by atoms with Crippen molar-refractivity contribution in [3.8, 4) is 6.07 Å². The standard InChI is InChI=1S/C18H11ClN2O2/c1-10-13(19)7-4-8-14(10)21-15(9-20)16-17(22)11-5-2-3-6-12(11)18(16)23/h2-8,22H,1H3. The maximum absolute atomic E-state index is 12.5. The SMILES string of the molecule is Cc1c(Cl)cccc1N=C(C#N)C1=C(O)c2ccccc2C1=O. The van der Waals surface area contributed by atoms with Crippen LogP contribution in [0.25, 0.3) is 5.76 Å². The predicted molar refractivity (Wildman–Crippen MR) is 89.2 cm³/mol. The Morgan fingerprint density at radius 2 is 1.87 bits per heavy atom. The van der Waals surface area contributed by atoms with Gasteiger partial charge >= 0.3 is 0 Å². The highest BCUT2D eigenvalue weighted by atomic mass is 35.5. The first-order valence-corrected chi connectivity index (χ1v) is 7.24. The lowest BCUT2D eigenvalue weighted by Gasteiger charge is -2.04. The summed E-state index contributed by atoms with van der Waals surface area (Å²) >= 11 is 6.05. The Morgan fingerprint density at radius 3 is 2.52 bits per heavy atom. The summed E-state index contributed by atoms with van der Waals surface area (Å²) in [7, 11) is 0. The molecule has 1 N–H and O–H groups in total. The number of benzene rings is 2. The third-order valence-corrected chi connectivity index (χ3v) is 4.11. The van der Waals surface area contributed by atoms with Gasteiger partial charge in [-0.05, 0) is 24.6 Å². The molecule has 0 bridgehead atoms. The molecule has 0 saturated heterocycles. The molecule has 23 heavy (non-hydrogen) atoms. The number of hydrogen-bond donors (Lipinski definition) is 1. The van der Waals surface area contributed by atoms with Gasteiger partial charge in [0.2, 0.25) is 0 Å². The molecule has 2 aromatic carbocycles. The fourth-order valence-electron chi connectivity index (χ4n) is 2.46. The number of hydrogen-bond acceptors (Lipinski definition) is 4. The third kappa shape index (κ3) is 2.41. The molecule has 0 radical (unpaired) electrons. The fourth-order valence-corrected chi connectivity index (χ4v) is 2.63. The van der Waals surface area contributed by atoms with Crippen LogP contribution in [0.4, 0.5) is 5.69 Å². The van der Waals surface area contributed by atoms with E-state index >= 15 is 0 Å². The first-order valence-electron chi connectivity index (χ1n) is 6.86. The number of aliphatic imine (C=N–C) groups is 1. The number of nitriles is 1. The van der Waals surface area contributed by atoms with Gasteiger partial charge in [-0.15, -0.1) is 0 Å².